The molecule has 1 saturated heterocycles. The lowest BCUT2D eigenvalue weighted by Gasteiger charge is -2.39. The van der Waals surface area contributed by atoms with Crippen molar-refractivity contribution in [3.8, 4) is 0 Å². The molecule has 120 valence electrons. The van der Waals surface area contributed by atoms with Crippen molar-refractivity contribution >= 4 is 0 Å². The Kier molecular flexibility index (Phi) is 8.08. The fraction of sp³-hybridized carbons (Fsp3) is 1.00. The van der Waals surface area contributed by atoms with Crippen molar-refractivity contribution in [3.05, 3.63) is 0 Å². The first kappa shape index (κ1) is 17.9. The summed E-state index contributed by atoms with van der Waals surface area (Å²) >= 11 is 0. The van der Waals surface area contributed by atoms with Gasteiger partial charge in [0.15, 0.2) is 0 Å². The Hall–Kier alpha value is -0.120. The number of nitrogens with zero attached hydrogens (tertiary/aromatic N) is 1. The van der Waals surface area contributed by atoms with Crippen molar-refractivity contribution in [2.24, 2.45) is 17.3 Å². The molecule has 1 heterocycles. The summed E-state index contributed by atoms with van der Waals surface area (Å²) in [6.45, 7) is 16.2. The standard InChI is InChI=1S/C17H36N2O/c1-6-17(4,13-18-11-15(2)3)14-19-9-7-16(8-10-19)12-20-5/h15-16,18H,6-14H2,1-5H3. The monoisotopic (exact) mass is 284 g/mol. The maximum absolute atomic E-state index is 5.29. The maximum Gasteiger partial charge on any atom is 0.0491 e. The lowest BCUT2D eigenvalue weighted by atomic mass is 9.85. The Balaban J connectivity index is 2.32. The molecule has 0 radical (unpaired) electrons. The quantitative estimate of drug-likeness (QED) is 0.704. The smallest absolute Gasteiger partial charge is 0.0491 e. The molecule has 1 aliphatic rings. The van der Waals surface area contributed by atoms with E-state index in [9.17, 15) is 0 Å². The summed E-state index contributed by atoms with van der Waals surface area (Å²) in [5.41, 5.74) is 0.406. The van der Waals surface area contributed by atoms with E-state index >= 15 is 0 Å². The highest BCUT2D eigenvalue weighted by Crippen LogP contribution is 2.25. The van der Waals surface area contributed by atoms with Gasteiger partial charge in [0.25, 0.3) is 0 Å². The Morgan fingerprint density at radius 3 is 2.45 bits per heavy atom. The van der Waals surface area contributed by atoms with Crippen LogP contribution in [0.3, 0.4) is 0 Å². The molecular weight excluding hydrogens is 248 g/mol. The van der Waals surface area contributed by atoms with Crippen LogP contribution in [0.2, 0.25) is 0 Å². The summed E-state index contributed by atoms with van der Waals surface area (Å²) in [6.07, 6.45) is 3.84. The van der Waals surface area contributed by atoms with Crippen LogP contribution in [-0.2, 0) is 4.74 Å². The number of nitrogens with one attached hydrogen (secondary N) is 1. The molecule has 1 N–H and O–H groups in total. The number of hydrogen-bond donors (Lipinski definition) is 1. The predicted molar refractivity (Wildman–Crippen MR) is 87.1 cm³/mol. The molecule has 0 bridgehead atoms. The second kappa shape index (κ2) is 9.01. The maximum atomic E-state index is 5.29. The van der Waals surface area contributed by atoms with E-state index in [1.165, 1.54) is 38.9 Å². The summed E-state index contributed by atoms with van der Waals surface area (Å²) in [7, 11) is 1.82. The van der Waals surface area contributed by atoms with Crippen molar-refractivity contribution in [1.82, 2.24) is 10.2 Å². The van der Waals surface area contributed by atoms with Crippen LogP contribution in [0.5, 0.6) is 0 Å². The third kappa shape index (κ3) is 6.55. The lowest BCUT2D eigenvalue weighted by Crippen LogP contribution is -2.45. The molecule has 1 unspecified atom stereocenters. The molecule has 3 nitrogen and oxygen atoms in total. The fourth-order valence-corrected chi connectivity index (χ4v) is 3.04. The van der Waals surface area contributed by atoms with Crippen molar-refractivity contribution in [2.75, 3.05) is 46.4 Å². The van der Waals surface area contributed by atoms with Crippen LogP contribution in [-0.4, -0.2) is 51.3 Å². The van der Waals surface area contributed by atoms with E-state index in [1.54, 1.807) is 0 Å². The lowest BCUT2D eigenvalue weighted by molar-refractivity contribution is 0.0756. The van der Waals surface area contributed by atoms with Crippen molar-refractivity contribution in [1.29, 1.82) is 0 Å². The van der Waals surface area contributed by atoms with Crippen molar-refractivity contribution in [2.45, 2.75) is 47.0 Å². The molecule has 1 aliphatic heterocycles. The number of methoxy groups -OCH3 is 1. The van der Waals surface area contributed by atoms with E-state index in [2.05, 4.69) is 37.9 Å². The van der Waals surface area contributed by atoms with Crippen LogP contribution in [0.25, 0.3) is 0 Å². The Bertz CT molecular complexity index is 249. The highest BCUT2D eigenvalue weighted by atomic mass is 16.5. The zero-order valence-electron chi connectivity index (χ0n) is 14.4. The Morgan fingerprint density at radius 2 is 1.95 bits per heavy atom. The number of ether oxygens (including phenoxy) is 1. The first-order valence-corrected chi connectivity index (χ1v) is 8.41. The van der Waals surface area contributed by atoms with Crippen LogP contribution >= 0.6 is 0 Å². The second-order valence-electron chi connectivity index (χ2n) is 7.36. The third-order valence-electron chi connectivity index (χ3n) is 4.67. The third-order valence-corrected chi connectivity index (χ3v) is 4.67. The van der Waals surface area contributed by atoms with Gasteiger partial charge in [-0.15, -0.1) is 0 Å². The van der Waals surface area contributed by atoms with Gasteiger partial charge in [0.05, 0.1) is 0 Å². The van der Waals surface area contributed by atoms with Crippen LogP contribution in [0.4, 0.5) is 0 Å². The largest absolute Gasteiger partial charge is 0.384 e. The van der Waals surface area contributed by atoms with Gasteiger partial charge in [0, 0.05) is 26.8 Å². The minimum atomic E-state index is 0.406. The van der Waals surface area contributed by atoms with Crippen LogP contribution in [0.1, 0.15) is 47.0 Å². The molecule has 3 heteroatoms. The number of likely N-dealkylation sites (tertiary alicyclic amines) is 1. The predicted octanol–water partition coefficient (Wildman–Crippen LogP) is 3.01. The van der Waals surface area contributed by atoms with E-state index in [-0.39, 0.29) is 0 Å². The molecule has 1 fully saturated rings. The molecule has 0 spiro atoms. The molecule has 0 amide bonds. The number of rotatable bonds is 9. The van der Waals surface area contributed by atoms with E-state index < -0.39 is 0 Å². The first-order chi connectivity index (χ1) is 9.49. The molecular formula is C17H36N2O. The van der Waals surface area contributed by atoms with Crippen molar-refractivity contribution < 1.29 is 4.74 Å². The van der Waals surface area contributed by atoms with E-state index in [1.807, 2.05) is 7.11 Å². The topological polar surface area (TPSA) is 24.5 Å². The second-order valence-corrected chi connectivity index (χ2v) is 7.36. The SMILES string of the molecule is CCC(C)(CNCC(C)C)CN1CCC(COC)CC1. The van der Waals surface area contributed by atoms with Gasteiger partial charge in [0.1, 0.15) is 0 Å². The van der Waals surface area contributed by atoms with Crippen LogP contribution in [0.15, 0.2) is 0 Å². The van der Waals surface area contributed by atoms with Gasteiger partial charge in [-0.25, -0.2) is 0 Å². The molecule has 0 saturated carbocycles. The summed E-state index contributed by atoms with van der Waals surface area (Å²) in [5.74, 6) is 1.52. The van der Waals surface area contributed by atoms with Gasteiger partial charge < -0.3 is 15.0 Å². The average molecular weight is 284 g/mol. The summed E-state index contributed by atoms with van der Waals surface area (Å²) in [5, 5.41) is 3.65. The van der Waals surface area contributed by atoms with Gasteiger partial charge in [-0.1, -0.05) is 27.7 Å². The van der Waals surface area contributed by atoms with Crippen LogP contribution < -0.4 is 5.32 Å². The van der Waals surface area contributed by atoms with Crippen LogP contribution in [0, 0.1) is 17.3 Å². The summed E-state index contributed by atoms with van der Waals surface area (Å²) in [6, 6.07) is 0. The van der Waals surface area contributed by atoms with Gasteiger partial charge in [0.2, 0.25) is 0 Å². The van der Waals surface area contributed by atoms with E-state index in [0.717, 1.165) is 31.5 Å². The summed E-state index contributed by atoms with van der Waals surface area (Å²) in [4.78, 5) is 2.66. The molecule has 0 aliphatic carbocycles. The highest BCUT2D eigenvalue weighted by Gasteiger charge is 2.27. The average Bonchev–Trinajstić information content (AvgIpc) is 2.41. The van der Waals surface area contributed by atoms with E-state index in [4.69, 9.17) is 4.74 Å². The highest BCUT2D eigenvalue weighted by molar-refractivity contribution is 4.82. The number of hydrogen-bond acceptors (Lipinski definition) is 3. The Labute approximate surface area is 126 Å². The minimum absolute atomic E-state index is 0.406. The van der Waals surface area contributed by atoms with E-state index in [0.29, 0.717) is 5.41 Å². The Morgan fingerprint density at radius 1 is 1.30 bits per heavy atom. The molecule has 1 atom stereocenters. The van der Waals surface area contributed by atoms with Gasteiger partial charge in [-0.2, -0.15) is 0 Å². The van der Waals surface area contributed by atoms with Gasteiger partial charge >= 0.3 is 0 Å². The molecule has 0 aromatic heterocycles. The zero-order chi connectivity index (χ0) is 15.0. The zero-order valence-corrected chi connectivity index (χ0v) is 14.4. The molecule has 0 aromatic rings. The van der Waals surface area contributed by atoms with Gasteiger partial charge in [-0.05, 0) is 56.1 Å². The van der Waals surface area contributed by atoms with Crippen molar-refractivity contribution in [3.63, 3.8) is 0 Å². The molecule has 0 aromatic carbocycles. The minimum Gasteiger partial charge on any atom is -0.384 e. The first-order valence-electron chi connectivity index (χ1n) is 8.41. The number of piperidine rings is 1. The summed E-state index contributed by atoms with van der Waals surface area (Å²) < 4.78 is 5.29. The normalized spacial score (nSPS) is 21.3. The van der Waals surface area contributed by atoms with Gasteiger partial charge in [-0.3, -0.25) is 0 Å². The fourth-order valence-electron chi connectivity index (χ4n) is 3.04. The molecule has 20 heavy (non-hydrogen) atoms. The molecule has 1 rings (SSSR count).